The van der Waals surface area contributed by atoms with E-state index in [1.54, 1.807) is 0 Å². The Kier molecular flexibility index (Phi) is 8.02. The van der Waals surface area contributed by atoms with E-state index in [1.807, 2.05) is 12.1 Å². The molecule has 0 saturated carbocycles. The molecule has 0 bridgehead atoms. The molecule has 0 radical (unpaired) electrons. The number of rotatable bonds is 14. The second-order valence-electron chi connectivity index (χ2n) is 9.59. The quantitative estimate of drug-likeness (QED) is 0.186. The van der Waals surface area contributed by atoms with E-state index in [-0.39, 0.29) is 12.2 Å². The van der Waals surface area contributed by atoms with Crippen LogP contribution in [0.1, 0.15) is 44.6 Å². The average Bonchev–Trinajstić information content (AvgIpc) is 3.82. The first-order valence-corrected chi connectivity index (χ1v) is 13.1. The molecule has 184 valence electrons. The van der Waals surface area contributed by atoms with Crippen LogP contribution in [0.2, 0.25) is 0 Å². The van der Waals surface area contributed by atoms with Crippen molar-refractivity contribution in [1.29, 1.82) is 0 Å². The summed E-state index contributed by atoms with van der Waals surface area (Å²) in [6.07, 6.45) is 7.94. The highest BCUT2D eigenvalue weighted by atomic mass is 16.6. The van der Waals surface area contributed by atoms with Gasteiger partial charge in [-0.25, -0.2) is 0 Å². The number of hydrogen-bond acceptors (Lipinski definition) is 4. The third kappa shape index (κ3) is 6.87. The standard InChI is InChI=1S/C31H36O4/c1-2-3-4-5-6-8-26-9-7-10-30(31(26)35-22-29-21-34-29)25-13-11-23(12-14-25)24-15-17-27(18-16-24)32-19-28-20-33-28/h7,9-18,28-29H,2-6,8,19-22H2,1H3. The van der Waals surface area contributed by atoms with Crippen LogP contribution in [0, 0.1) is 0 Å². The number of para-hydroxylation sites is 1. The molecular weight excluding hydrogens is 436 g/mol. The fraction of sp³-hybridized carbons (Fsp3) is 0.419. The highest BCUT2D eigenvalue weighted by molar-refractivity contribution is 5.75. The molecule has 4 heteroatoms. The van der Waals surface area contributed by atoms with E-state index in [1.165, 1.54) is 54.4 Å². The summed E-state index contributed by atoms with van der Waals surface area (Å²) < 4.78 is 22.7. The molecule has 35 heavy (non-hydrogen) atoms. The summed E-state index contributed by atoms with van der Waals surface area (Å²) in [6.45, 7) is 5.13. The van der Waals surface area contributed by atoms with E-state index < -0.39 is 0 Å². The van der Waals surface area contributed by atoms with Crippen molar-refractivity contribution in [3.8, 4) is 33.8 Å². The first kappa shape index (κ1) is 23.9. The molecule has 0 N–H and O–H groups in total. The Labute approximate surface area is 209 Å². The van der Waals surface area contributed by atoms with E-state index in [0.29, 0.717) is 13.2 Å². The normalized spacial score (nSPS) is 18.3. The van der Waals surface area contributed by atoms with Gasteiger partial charge < -0.3 is 18.9 Å². The highest BCUT2D eigenvalue weighted by Crippen LogP contribution is 2.36. The van der Waals surface area contributed by atoms with Crippen molar-refractivity contribution in [1.82, 2.24) is 0 Å². The Bertz CT molecular complexity index is 1070. The van der Waals surface area contributed by atoms with Crippen molar-refractivity contribution < 1.29 is 18.9 Å². The third-order valence-electron chi connectivity index (χ3n) is 6.68. The van der Waals surface area contributed by atoms with E-state index in [0.717, 1.165) is 36.7 Å². The maximum Gasteiger partial charge on any atom is 0.130 e. The Morgan fingerprint density at radius 3 is 1.94 bits per heavy atom. The van der Waals surface area contributed by atoms with E-state index in [9.17, 15) is 0 Å². The zero-order valence-corrected chi connectivity index (χ0v) is 20.7. The van der Waals surface area contributed by atoms with Gasteiger partial charge in [-0.3, -0.25) is 0 Å². The smallest absolute Gasteiger partial charge is 0.130 e. The summed E-state index contributed by atoms with van der Waals surface area (Å²) in [7, 11) is 0. The molecule has 0 amide bonds. The Morgan fingerprint density at radius 1 is 0.686 bits per heavy atom. The van der Waals surface area contributed by atoms with Crippen molar-refractivity contribution in [3.63, 3.8) is 0 Å². The van der Waals surface area contributed by atoms with Crippen LogP contribution in [-0.2, 0) is 15.9 Å². The fourth-order valence-electron chi connectivity index (χ4n) is 4.38. The van der Waals surface area contributed by atoms with Crippen molar-refractivity contribution in [2.75, 3.05) is 26.4 Å². The summed E-state index contributed by atoms with van der Waals surface area (Å²) in [4.78, 5) is 0. The lowest BCUT2D eigenvalue weighted by Crippen LogP contribution is -2.07. The van der Waals surface area contributed by atoms with Gasteiger partial charge in [-0.15, -0.1) is 0 Å². The molecule has 2 saturated heterocycles. The van der Waals surface area contributed by atoms with Crippen LogP contribution < -0.4 is 9.47 Å². The minimum Gasteiger partial charge on any atom is -0.491 e. The Hall–Kier alpha value is -2.82. The topological polar surface area (TPSA) is 43.5 Å². The molecule has 2 heterocycles. The second kappa shape index (κ2) is 11.7. The van der Waals surface area contributed by atoms with Crippen molar-refractivity contribution in [3.05, 3.63) is 72.3 Å². The lowest BCUT2D eigenvalue weighted by atomic mass is 9.96. The van der Waals surface area contributed by atoms with Crippen molar-refractivity contribution in [2.24, 2.45) is 0 Å². The molecule has 5 rings (SSSR count). The van der Waals surface area contributed by atoms with E-state index >= 15 is 0 Å². The number of hydrogen-bond donors (Lipinski definition) is 0. The zero-order chi connectivity index (χ0) is 23.9. The minimum absolute atomic E-state index is 0.242. The summed E-state index contributed by atoms with van der Waals surface area (Å²) in [5.74, 6) is 1.90. The van der Waals surface area contributed by atoms with Crippen LogP contribution in [0.15, 0.2) is 66.7 Å². The van der Waals surface area contributed by atoms with Gasteiger partial charge in [0.2, 0.25) is 0 Å². The molecule has 2 atom stereocenters. The van der Waals surface area contributed by atoms with Gasteiger partial charge >= 0.3 is 0 Å². The van der Waals surface area contributed by atoms with Crippen LogP contribution >= 0.6 is 0 Å². The summed E-state index contributed by atoms with van der Waals surface area (Å²) >= 11 is 0. The summed E-state index contributed by atoms with van der Waals surface area (Å²) in [5.41, 5.74) is 6.00. The highest BCUT2D eigenvalue weighted by Gasteiger charge is 2.25. The first-order valence-electron chi connectivity index (χ1n) is 13.1. The van der Waals surface area contributed by atoms with E-state index in [2.05, 4.69) is 61.5 Å². The predicted molar refractivity (Wildman–Crippen MR) is 140 cm³/mol. The molecule has 2 unspecified atom stereocenters. The molecule has 4 nitrogen and oxygen atoms in total. The second-order valence-corrected chi connectivity index (χ2v) is 9.59. The molecule has 3 aromatic rings. The fourth-order valence-corrected chi connectivity index (χ4v) is 4.38. The van der Waals surface area contributed by atoms with Crippen LogP contribution in [0.3, 0.4) is 0 Å². The number of epoxide rings is 2. The molecule has 0 aliphatic carbocycles. The summed E-state index contributed by atoms with van der Waals surface area (Å²) in [5, 5.41) is 0. The number of ether oxygens (including phenoxy) is 4. The van der Waals surface area contributed by atoms with Crippen molar-refractivity contribution >= 4 is 0 Å². The van der Waals surface area contributed by atoms with Crippen LogP contribution in [0.4, 0.5) is 0 Å². The SMILES string of the molecule is CCCCCCCc1cccc(-c2ccc(-c3ccc(OCC4CO4)cc3)cc2)c1OCC1CO1. The lowest BCUT2D eigenvalue weighted by Gasteiger charge is -2.16. The molecule has 0 spiro atoms. The Balaban J connectivity index is 1.29. The van der Waals surface area contributed by atoms with Gasteiger partial charge in [0.1, 0.15) is 36.9 Å². The molecule has 2 fully saturated rings. The summed E-state index contributed by atoms with van der Waals surface area (Å²) in [6, 6.07) is 23.6. The largest absolute Gasteiger partial charge is 0.491 e. The van der Waals surface area contributed by atoms with Gasteiger partial charge in [0.25, 0.3) is 0 Å². The molecule has 3 aromatic carbocycles. The number of unbranched alkanes of at least 4 members (excludes halogenated alkanes) is 4. The van der Waals surface area contributed by atoms with Gasteiger partial charge in [0, 0.05) is 5.56 Å². The maximum atomic E-state index is 6.35. The number of benzene rings is 3. The molecule has 0 aromatic heterocycles. The molecule has 2 aliphatic rings. The van der Waals surface area contributed by atoms with Crippen LogP contribution in [0.5, 0.6) is 11.5 Å². The number of aryl methyl sites for hydroxylation is 1. The van der Waals surface area contributed by atoms with Crippen LogP contribution in [0.25, 0.3) is 22.3 Å². The lowest BCUT2D eigenvalue weighted by molar-refractivity contribution is 0.262. The van der Waals surface area contributed by atoms with Gasteiger partial charge in [0.05, 0.1) is 13.2 Å². The molecule has 2 aliphatic heterocycles. The zero-order valence-electron chi connectivity index (χ0n) is 20.7. The van der Waals surface area contributed by atoms with Crippen LogP contribution in [-0.4, -0.2) is 38.6 Å². The van der Waals surface area contributed by atoms with E-state index in [4.69, 9.17) is 18.9 Å². The monoisotopic (exact) mass is 472 g/mol. The predicted octanol–water partition coefficient (Wildman–Crippen LogP) is 7.09. The van der Waals surface area contributed by atoms with Gasteiger partial charge in [-0.2, -0.15) is 0 Å². The van der Waals surface area contributed by atoms with Gasteiger partial charge in [0.15, 0.2) is 0 Å². The van der Waals surface area contributed by atoms with Gasteiger partial charge in [-0.1, -0.05) is 87.2 Å². The first-order chi connectivity index (χ1) is 17.3. The van der Waals surface area contributed by atoms with Crippen molar-refractivity contribution in [2.45, 2.75) is 57.7 Å². The minimum atomic E-state index is 0.242. The molecular formula is C31H36O4. The van der Waals surface area contributed by atoms with Gasteiger partial charge in [-0.05, 0) is 47.2 Å². The maximum absolute atomic E-state index is 6.35. The Morgan fingerprint density at radius 2 is 1.29 bits per heavy atom. The average molecular weight is 473 g/mol. The third-order valence-corrected chi connectivity index (χ3v) is 6.68.